The standard InChI is InChI=1S/C13H14N2O3/c1-8(13(16)17)5-11-10-4-3-9(18-2)6-12(10)15-7-14-11/h3-4,6-8H,5H2,1-2H3,(H,16,17). The zero-order chi connectivity index (χ0) is 13.1. The summed E-state index contributed by atoms with van der Waals surface area (Å²) >= 11 is 0. The highest BCUT2D eigenvalue weighted by Crippen LogP contribution is 2.22. The molecule has 18 heavy (non-hydrogen) atoms. The lowest BCUT2D eigenvalue weighted by Gasteiger charge is -2.08. The molecule has 0 aliphatic rings. The number of carboxylic acid groups (broad SMARTS) is 1. The quantitative estimate of drug-likeness (QED) is 0.892. The molecule has 1 aromatic carbocycles. The molecule has 1 aromatic heterocycles. The Morgan fingerprint density at radius 1 is 1.44 bits per heavy atom. The summed E-state index contributed by atoms with van der Waals surface area (Å²) in [6.45, 7) is 1.67. The van der Waals surface area contributed by atoms with Gasteiger partial charge in [-0.25, -0.2) is 9.97 Å². The van der Waals surface area contributed by atoms with Gasteiger partial charge in [0.05, 0.1) is 24.2 Å². The van der Waals surface area contributed by atoms with Gasteiger partial charge in [-0.2, -0.15) is 0 Å². The number of rotatable bonds is 4. The number of carboxylic acids is 1. The first-order chi connectivity index (χ1) is 8.61. The van der Waals surface area contributed by atoms with Crippen LogP contribution < -0.4 is 4.74 Å². The fourth-order valence-corrected chi connectivity index (χ4v) is 1.76. The molecule has 0 saturated heterocycles. The van der Waals surface area contributed by atoms with Gasteiger partial charge in [0.1, 0.15) is 12.1 Å². The molecule has 0 radical (unpaired) electrons. The van der Waals surface area contributed by atoms with E-state index in [1.165, 1.54) is 6.33 Å². The fraction of sp³-hybridized carbons (Fsp3) is 0.308. The van der Waals surface area contributed by atoms with Gasteiger partial charge in [-0.1, -0.05) is 6.92 Å². The van der Waals surface area contributed by atoms with Crippen molar-refractivity contribution in [1.29, 1.82) is 0 Å². The van der Waals surface area contributed by atoms with Crippen LogP contribution in [-0.2, 0) is 11.2 Å². The van der Waals surface area contributed by atoms with Gasteiger partial charge >= 0.3 is 5.97 Å². The van der Waals surface area contributed by atoms with E-state index in [1.54, 1.807) is 14.0 Å². The van der Waals surface area contributed by atoms with Gasteiger partial charge in [-0.3, -0.25) is 4.79 Å². The monoisotopic (exact) mass is 246 g/mol. The van der Waals surface area contributed by atoms with E-state index in [0.717, 1.165) is 22.3 Å². The molecule has 0 saturated carbocycles. The Bertz CT molecular complexity index is 583. The highest BCUT2D eigenvalue weighted by Gasteiger charge is 2.14. The van der Waals surface area contributed by atoms with Crippen molar-refractivity contribution in [2.45, 2.75) is 13.3 Å². The van der Waals surface area contributed by atoms with Crippen molar-refractivity contribution in [3.05, 3.63) is 30.2 Å². The van der Waals surface area contributed by atoms with Crippen molar-refractivity contribution in [3.8, 4) is 5.75 Å². The van der Waals surface area contributed by atoms with Crippen LogP contribution >= 0.6 is 0 Å². The lowest BCUT2D eigenvalue weighted by Crippen LogP contribution is -2.13. The van der Waals surface area contributed by atoms with E-state index in [1.807, 2.05) is 18.2 Å². The number of aliphatic carboxylic acids is 1. The van der Waals surface area contributed by atoms with Gasteiger partial charge in [0.15, 0.2) is 0 Å². The summed E-state index contributed by atoms with van der Waals surface area (Å²) in [7, 11) is 1.59. The van der Waals surface area contributed by atoms with Crippen molar-refractivity contribution in [2.75, 3.05) is 7.11 Å². The van der Waals surface area contributed by atoms with Crippen LogP contribution in [0.15, 0.2) is 24.5 Å². The van der Waals surface area contributed by atoms with Crippen molar-refractivity contribution < 1.29 is 14.6 Å². The Labute approximate surface area is 104 Å². The van der Waals surface area contributed by atoms with Crippen LogP contribution in [-0.4, -0.2) is 28.2 Å². The molecule has 0 aliphatic heterocycles. The Morgan fingerprint density at radius 2 is 2.22 bits per heavy atom. The van der Waals surface area contributed by atoms with E-state index in [4.69, 9.17) is 9.84 Å². The summed E-state index contributed by atoms with van der Waals surface area (Å²) in [4.78, 5) is 19.2. The summed E-state index contributed by atoms with van der Waals surface area (Å²) in [5.41, 5.74) is 1.51. The zero-order valence-electron chi connectivity index (χ0n) is 10.3. The molecule has 0 aliphatic carbocycles. The smallest absolute Gasteiger partial charge is 0.306 e. The number of fused-ring (bicyclic) bond motifs is 1. The van der Waals surface area contributed by atoms with Crippen molar-refractivity contribution in [3.63, 3.8) is 0 Å². The van der Waals surface area contributed by atoms with E-state index in [0.29, 0.717) is 6.42 Å². The first-order valence-corrected chi connectivity index (χ1v) is 5.62. The number of benzene rings is 1. The van der Waals surface area contributed by atoms with Crippen molar-refractivity contribution in [1.82, 2.24) is 9.97 Å². The van der Waals surface area contributed by atoms with E-state index in [2.05, 4.69) is 9.97 Å². The molecule has 0 amide bonds. The number of methoxy groups -OCH3 is 1. The van der Waals surface area contributed by atoms with Crippen LogP contribution in [0.4, 0.5) is 0 Å². The zero-order valence-corrected chi connectivity index (χ0v) is 10.3. The molecule has 0 bridgehead atoms. The minimum atomic E-state index is -0.824. The highest BCUT2D eigenvalue weighted by molar-refractivity contribution is 5.82. The third-order valence-electron chi connectivity index (χ3n) is 2.85. The van der Waals surface area contributed by atoms with Crippen LogP contribution in [0.5, 0.6) is 5.75 Å². The lowest BCUT2D eigenvalue weighted by molar-refractivity contribution is -0.141. The summed E-state index contributed by atoms with van der Waals surface area (Å²) < 4.78 is 5.13. The molecule has 1 heterocycles. The van der Waals surface area contributed by atoms with Crippen molar-refractivity contribution in [2.24, 2.45) is 5.92 Å². The number of hydrogen-bond acceptors (Lipinski definition) is 4. The van der Waals surface area contributed by atoms with Crippen LogP contribution in [0.25, 0.3) is 10.9 Å². The van der Waals surface area contributed by atoms with Crippen molar-refractivity contribution >= 4 is 16.9 Å². The molecule has 1 N–H and O–H groups in total. The third kappa shape index (κ3) is 2.40. The second kappa shape index (κ2) is 5.00. The van der Waals surface area contributed by atoms with Crippen LogP contribution in [0.1, 0.15) is 12.6 Å². The molecular formula is C13H14N2O3. The van der Waals surface area contributed by atoms with Gasteiger partial charge in [-0.15, -0.1) is 0 Å². The summed E-state index contributed by atoms with van der Waals surface area (Å²) in [5.74, 6) is -0.570. The molecule has 2 rings (SSSR count). The normalized spacial score (nSPS) is 12.3. The maximum absolute atomic E-state index is 10.9. The second-order valence-corrected chi connectivity index (χ2v) is 4.15. The van der Waals surface area contributed by atoms with E-state index < -0.39 is 11.9 Å². The van der Waals surface area contributed by atoms with Crippen LogP contribution in [0, 0.1) is 5.92 Å². The maximum Gasteiger partial charge on any atom is 0.306 e. The number of carbonyl (C=O) groups is 1. The molecule has 2 aromatic rings. The number of aromatic nitrogens is 2. The maximum atomic E-state index is 10.9. The Morgan fingerprint density at radius 3 is 2.89 bits per heavy atom. The van der Waals surface area contributed by atoms with Gasteiger partial charge in [0.25, 0.3) is 0 Å². The van der Waals surface area contributed by atoms with Gasteiger partial charge < -0.3 is 9.84 Å². The van der Waals surface area contributed by atoms with Gasteiger partial charge in [0, 0.05) is 17.9 Å². The van der Waals surface area contributed by atoms with E-state index in [-0.39, 0.29) is 0 Å². The average Bonchev–Trinajstić information content (AvgIpc) is 2.38. The molecule has 94 valence electrons. The Hall–Kier alpha value is -2.17. The topological polar surface area (TPSA) is 72.3 Å². The minimum Gasteiger partial charge on any atom is -0.497 e. The molecular weight excluding hydrogens is 232 g/mol. The SMILES string of the molecule is COc1ccc2c(CC(C)C(=O)O)ncnc2c1. The summed E-state index contributed by atoms with van der Waals surface area (Å²) in [6, 6.07) is 5.49. The average molecular weight is 246 g/mol. The van der Waals surface area contributed by atoms with Gasteiger partial charge in [-0.05, 0) is 12.1 Å². The number of nitrogens with zero attached hydrogens (tertiary/aromatic N) is 2. The minimum absolute atomic E-state index is 0.390. The van der Waals surface area contributed by atoms with Crippen LogP contribution in [0.2, 0.25) is 0 Å². The van der Waals surface area contributed by atoms with E-state index in [9.17, 15) is 4.79 Å². The van der Waals surface area contributed by atoms with Gasteiger partial charge in [0.2, 0.25) is 0 Å². The van der Waals surface area contributed by atoms with Crippen LogP contribution in [0.3, 0.4) is 0 Å². The summed E-state index contributed by atoms with van der Waals surface area (Å²) in [6.07, 6.45) is 1.84. The Balaban J connectivity index is 2.42. The molecule has 0 fully saturated rings. The molecule has 1 atom stereocenters. The second-order valence-electron chi connectivity index (χ2n) is 4.15. The largest absolute Gasteiger partial charge is 0.497 e. The predicted molar refractivity (Wildman–Crippen MR) is 66.6 cm³/mol. The first kappa shape index (κ1) is 12.3. The van der Waals surface area contributed by atoms with E-state index >= 15 is 0 Å². The predicted octanol–water partition coefficient (Wildman–Crippen LogP) is 1.90. The molecule has 5 heteroatoms. The number of ether oxygens (including phenoxy) is 1. The highest BCUT2D eigenvalue weighted by atomic mass is 16.5. The summed E-state index contributed by atoms with van der Waals surface area (Å²) in [5, 5.41) is 9.80. The molecule has 5 nitrogen and oxygen atoms in total. The Kier molecular flexibility index (Phi) is 3.41. The number of hydrogen-bond donors (Lipinski definition) is 1. The lowest BCUT2D eigenvalue weighted by atomic mass is 10.0. The molecule has 0 spiro atoms. The molecule has 1 unspecified atom stereocenters. The fourth-order valence-electron chi connectivity index (χ4n) is 1.76. The first-order valence-electron chi connectivity index (χ1n) is 5.62. The third-order valence-corrected chi connectivity index (χ3v) is 2.85.